The van der Waals surface area contributed by atoms with Crippen LogP contribution in [0.4, 0.5) is 0 Å². The van der Waals surface area contributed by atoms with Crippen molar-refractivity contribution in [3.05, 3.63) is 199 Å². The maximum atomic E-state index is 10.0. The largest absolute Gasteiger partial charge is 0.309 e. The summed E-state index contributed by atoms with van der Waals surface area (Å²) in [6.45, 7) is 0. The molecule has 0 saturated heterocycles. The summed E-state index contributed by atoms with van der Waals surface area (Å²) in [6, 6.07) is 70.4. The molecule has 10 rings (SSSR count). The molecule has 0 radical (unpaired) electrons. The van der Waals surface area contributed by atoms with E-state index in [2.05, 4.69) is 162 Å². The predicted molar refractivity (Wildman–Crippen MR) is 227 cm³/mol. The standard InChI is InChI=1S/C52H31N3/c53-32-34-22-28-49-47(29-34)42-15-8-9-20-48(42)55(49)50-30-35(33-54)21-27-41(50)40-14-10-13-39(31-40)36-23-25-38(26-24-36)52-45-18-6-4-16-43(45)51(37-11-2-1-3-12-37)44-17-5-7-19-46(44)52/h1-31H. The summed E-state index contributed by atoms with van der Waals surface area (Å²) < 4.78 is 2.22. The SMILES string of the molecule is N#Cc1ccc(-c2cccc(-c3ccc(-c4c5ccccc5c(-c5ccccc5)c5ccccc45)cc3)c2)c(-n2c3ccccc3c3cc(C#N)ccc32)c1. The third kappa shape index (κ3) is 5.27. The molecule has 0 spiro atoms. The molecule has 0 aliphatic rings. The first-order valence-electron chi connectivity index (χ1n) is 18.4. The number of benzene rings is 9. The van der Waals surface area contributed by atoms with Gasteiger partial charge in [0.25, 0.3) is 0 Å². The van der Waals surface area contributed by atoms with Gasteiger partial charge in [0.2, 0.25) is 0 Å². The van der Waals surface area contributed by atoms with Crippen molar-refractivity contribution >= 4 is 43.4 Å². The number of aromatic nitrogens is 1. The Morgan fingerprint density at radius 1 is 0.327 bits per heavy atom. The van der Waals surface area contributed by atoms with Gasteiger partial charge in [-0.05, 0) is 103 Å². The monoisotopic (exact) mass is 697 g/mol. The number of hydrogen-bond donors (Lipinski definition) is 0. The van der Waals surface area contributed by atoms with Crippen LogP contribution in [0.1, 0.15) is 11.1 Å². The first kappa shape index (κ1) is 32.0. The van der Waals surface area contributed by atoms with Gasteiger partial charge in [0.1, 0.15) is 0 Å². The van der Waals surface area contributed by atoms with Gasteiger partial charge in [0.05, 0.1) is 40.0 Å². The molecule has 0 aliphatic carbocycles. The highest BCUT2D eigenvalue weighted by Gasteiger charge is 2.19. The van der Waals surface area contributed by atoms with E-state index in [9.17, 15) is 10.5 Å². The first-order chi connectivity index (χ1) is 27.2. The Bertz CT molecular complexity index is 3150. The van der Waals surface area contributed by atoms with Gasteiger partial charge in [0, 0.05) is 16.3 Å². The summed E-state index contributed by atoms with van der Waals surface area (Å²) >= 11 is 0. The van der Waals surface area contributed by atoms with Crippen molar-refractivity contribution in [3.63, 3.8) is 0 Å². The average molecular weight is 698 g/mol. The minimum atomic E-state index is 0.585. The molecule has 1 heterocycles. The zero-order chi connectivity index (χ0) is 36.9. The van der Waals surface area contributed by atoms with E-state index in [1.165, 1.54) is 43.8 Å². The highest BCUT2D eigenvalue weighted by Crippen LogP contribution is 2.44. The van der Waals surface area contributed by atoms with E-state index in [-0.39, 0.29) is 0 Å². The van der Waals surface area contributed by atoms with Crippen molar-refractivity contribution in [3.8, 4) is 62.3 Å². The molecule has 0 saturated carbocycles. The fourth-order valence-corrected chi connectivity index (χ4v) is 8.38. The van der Waals surface area contributed by atoms with Crippen molar-refractivity contribution in [2.75, 3.05) is 0 Å². The topological polar surface area (TPSA) is 52.5 Å². The second kappa shape index (κ2) is 13.0. The van der Waals surface area contributed by atoms with Crippen LogP contribution in [0.2, 0.25) is 0 Å². The van der Waals surface area contributed by atoms with Crippen molar-refractivity contribution in [2.45, 2.75) is 0 Å². The molecule has 254 valence electrons. The zero-order valence-corrected chi connectivity index (χ0v) is 29.7. The van der Waals surface area contributed by atoms with Crippen LogP contribution < -0.4 is 0 Å². The highest BCUT2D eigenvalue weighted by atomic mass is 15.0. The summed E-state index contributed by atoms with van der Waals surface area (Å²) in [4.78, 5) is 0. The minimum absolute atomic E-state index is 0.585. The normalized spacial score (nSPS) is 11.2. The van der Waals surface area contributed by atoms with E-state index >= 15 is 0 Å². The molecule has 0 atom stereocenters. The summed E-state index contributed by atoms with van der Waals surface area (Å²) in [5.74, 6) is 0. The summed E-state index contributed by atoms with van der Waals surface area (Å²) in [6.07, 6.45) is 0. The van der Waals surface area contributed by atoms with Crippen LogP contribution >= 0.6 is 0 Å². The Kier molecular flexibility index (Phi) is 7.58. The summed E-state index contributed by atoms with van der Waals surface area (Å²) in [5.41, 5.74) is 13.3. The van der Waals surface area contributed by atoms with Gasteiger partial charge in [-0.2, -0.15) is 10.5 Å². The van der Waals surface area contributed by atoms with Crippen molar-refractivity contribution in [1.82, 2.24) is 4.57 Å². The lowest BCUT2D eigenvalue weighted by Gasteiger charge is -2.18. The molecule has 55 heavy (non-hydrogen) atoms. The van der Waals surface area contributed by atoms with Gasteiger partial charge in [0.15, 0.2) is 0 Å². The van der Waals surface area contributed by atoms with Gasteiger partial charge in [-0.25, -0.2) is 0 Å². The van der Waals surface area contributed by atoms with Crippen LogP contribution in [0.3, 0.4) is 0 Å². The lowest BCUT2D eigenvalue weighted by molar-refractivity contribution is 1.18. The zero-order valence-electron chi connectivity index (χ0n) is 29.7. The minimum Gasteiger partial charge on any atom is -0.309 e. The number of fused-ring (bicyclic) bond motifs is 5. The molecule has 0 N–H and O–H groups in total. The Labute approximate surface area is 318 Å². The number of nitrogens with zero attached hydrogens (tertiary/aromatic N) is 3. The molecular formula is C52H31N3. The molecular weight excluding hydrogens is 667 g/mol. The third-order valence-corrected chi connectivity index (χ3v) is 10.8. The lowest BCUT2D eigenvalue weighted by Crippen LogP contribution is -1.98. The van der Waals surface area contributed by atoms with E-state index in [0.717, 1.165) is 49.7 Å². The van der Waals surface area contributed by atoms with E-state index in [1.807, 2.05) is 42.5 Å². The molecule has 0 aliphatic heterocycles. The molecule has 9 aromatic carbocycles. The van der Waals surface area contributed by atoms with Gasteiger partial charge in [-0.15, -0.1) is 0 Å². The second-order valence-corrected chi connectivity index (χ2v) is 13.9. The highest BCUT2D eigenvalue weighted by molar-refractivity contribution is 6.21. The number of nitriles is 2. The first-order valence-corrected chi connectivity index (χ1v) is 18.4. The molecule has 0 bridgehead atoms. The Morgan fingerprint density at radius 3 is 1.47 bits per heavy atom. The quantitative estimate of drug-likeness (QED) is 0.168. The van der Waals surface area contributed by atoms with Crippen LogP contribution in [-0.4, -0.2) is 4.57 Å². The molecule has 3 heteroatoms. The number of para-hydroxylation sites is 1. The van der Waals surface area contributed by atoms with Gasteiger partial charge in [-0.3, -0.25) is 0 Å². The van der Waals surface area contributed by atoms with Crippen molar-refractivity contribution < 1.29 is 0 Å². The van der Waals surface area contributed by atoms with Crippen LogP contribution in [0.25, 0.3) is 93.5 Å². The Hall–Kier alpha value is -7.72. The summed E-state index contributed by atoms with van der Waals surface area (Å²) in [5, 5.41) is 26.7. The van der Waals surface area contributed by atoms with Gasteiger partial charge in [-0.1, -0.05) is 146 Å². The molecule has 10 aromatic rings. The maximum Gasteiger partial charge on any atom is 0.0992 e. The molecule has 3 nitrogen and oxygen atoms in total. The van der Waals surface area contributed by atoms with E-state index in [1.54, 1.807) is 0 Å². The van der Waals surface area contributed by atoms with Crippen molar-refractivity contribution in [1.29, 1.82) is 10.5 Å². The smallest absolute Gasteiger partial charge is 0.0992 e. The maximum absolute atomic E-state index is 10.0. The molecule has 1 aromatic heterocycles. The second-order valence-electron chi connectivity index (χ2n) is 13.9. The van der Waals surface area contributed by atoms with E-state index < -0.39 is 0 Å². The van der Waals surface area contributed by atoms with Crippen LogP contribution in [0.5, 0.6) is 0 Å². The Morgan fingerprint density at radius 2 is 0.818 bits per heavy atom. The Balaban J connectivity index is 1.10. The third-order valence-electron chi connectivity index (χ3n) is 10.8. The van der Waals surface area contributed by atoms with E-state index in [0.29, 0.717) is 11.1 Å². The fourth-order valence-electron chi connectivity index (χ4n) is 8.38. The van der Waals surface area contributed by atoms with Crippen LogP contribution in [0.15, 0.2) is 188 Å². The average Bonchev–Trinajstić information content (AvgIpc) is 3.59. The lowest BCUT2D eigenvalue weighted by atomic mass is 9.85. The van der Waals surface area contributed by atoms with E-state index in [4.69, 9.17) is 0 Å². The van der Waals surface area contributed by atoms with Crippen molar-refractivity contribution in [2.24, 2.45) is 0 Å². The van der Waals surface area contributed by atoms with Crippen LogP contribution in [0, 0.1) is 22.7 Å². The number of hydrogen-bond acceptors (Lipinski definition) is 2. The molecule has 0 amide bonds. The fraction of sp³-hybridized carbons (Fsp3) is 0. The molecule has 0 fully saturated rings. The predicted octanol–water partition coefficient (Wildman–Crippen LogP) is 13.5. The molecule has 0 unspecified atom stereocenters. The van der Waals surface area contributed by atoms with Crippen LogP contribution in [-0.2, 0) is 0 Å². The van der Waals surface area contributed by atoms with Gasteiger partial charge < -0.3 is 4.57 Å². The summed E-state index contributed by atoms with van der Waals surface area (Å²) in [7, 11) is 0. The number of rotatable bonds is 5. The van der Waals surface area contributed by atoms with Gasteiger partial charge >= 0.3 is 0 Å².